The van der Waals surface area contributed by atoms with Crippen molar-refractivity contribution in [3.05, 3.63) is 52.8 Å². The summed E-state index contributed by atoms with van der Waals surface area (Å²) in [5.41, 5.74) is 4.26. The van der Waals surface area contributed by atoms with E-state index in [1.807, 2.05) is 4.72 Å². The van der Waals surface area contributed by atoms with Gasteiger partial charge in [0, 0.05) is 6.07 Å². The zero-order chi connectivity index (χ0) is 15.8. The zero-order valence-corrected chi connectivity index (χ0v) is 11.8. The standard InChI is InChI=1S/C12H8ClF3N2O2S/c13-8-2-1-6(14)5-11(8)21(19,20)18-12-9(16)3-7(15)4-10(12)17/h1-5,18H,17H2. The van der Waals surface area contributed by atoms with Crippen LogP contribution in [0.15, 0.2) is 35.2 Å². The van der Waals surface area contributed by atoms with Gasteiger partial charge >= 0.3 is 0 Å². The summed E-state index contributed by atoms with van der Waals surface area (Å²) in [6, 6.07) is 3.88. The van der Waals surface area contributed by atoms with Crippen LogP contribution in [0.5, 0.6) is 0 Å². The van der Waals surface area contributed by atoms with E-state index < -0.39 is 43.7 Å². The summed E-state index contributed by atoms with van der Waals surface area (Å²) in [6.07, 6.45) is 0. The highest BCUT2D eigenvalue weighted by molar-refractivity contribution is 7.92. The van der Waals surface area contributed by atoms with Crippen molar-refractivity contribution in [2.24, 2.45) is 0 Å². The van der Waals surface area contributed by atoms with Gasteiger partial charge in [0.15, 0.2) is 5.82 Å². The maximum atomic E-state index is 13.6. The normalized spacial score (nSPS) is 11.4. The Labute approximate surface area is 123 Å². The highest BCUT2D eigenvalue weighted by Crippen LogP contribution is 2.29. The van der Waals surface area contributed by atoms with Crippen molar-refractivity contribution < 1.29 is 21.6 Å². The van der Waals surface area contributed by atoms with Gasteiger partial charge in [0.1, 0.15) is 22.2 Å². The molecule has 112 valence electrons. The van der Waals surface area contributed by atoms with E-state index in [2.05, 4.69) is 0 Å². The minimum Gasteiger partial charge on any atom is -0.397 e. The molecule has 0 saturated heterocycles. The van der Waals surface area contributed by atoms with Crippen LogP contribution in [0.25, 0.3) is 0 Å². The van der Waals surface area contributed by atoms with Crippen LogP contribution in [0.1, 0.15) is 0 Å². The van der Waals surface area contributed by atoms with Crippen LogP contribution in [0.3, 0.4) is 0 Å². The fraction of sp³-hybridized carbons (Fsp3) is 0. The predicted molar refractivity (Wildman–Crippen MR) is 73.0 cm³/mol. The molecule has 0 aliphatic heterocycles. The SMILES string of the molecule is Nc1cc(F)cc(F)c1NS(=O)(=O)c1cc(F)ccc1Cl. The van der Waals surface area contributed by atoms with Gasteiger partial charge in [0.25, 0.3) is 10.0 Å². The molecule has 0 aromatic heterocycles. The average Bonchev–Trinajstić information content (AvgIpc) is 2.36. The van der Waals surface area contributed by atoms with E-state index in [9.17, 15) is 21.6 Å². The Hall–Kier alpha value is -1.93. The third-order valence-corrected chi connectivity index (χ3v) is 4.34. The minimum absolute atomic E-state index is 0.259. The van der Waals surface area contributed by atoms with Gasteiger partial charge in [0.2, 0.25) is 0 Å². The number of nitrogens with two attached hydrogens (primary N) is 1. The molecule has 2 aromatic rings. The van der Waals surface area contributed by atoms with Crippen LogP contribution in [0.2, 0.25) is 5.02 Å². The van der Waals surface area contributed by atoms with Gasteiger partial charge in [-0.15, -0.1) is 0 Å². The Morgan fingerprint density at radius 2 is 1.71 bits per heavy atom. The molecule has 3 N–H and O–H groups in total. The number of anilines is 2. The van der Waals surface area contributed by atoms with Gasteiger partial charge in [-0.05, 0) is 24.3 Å². The molecule has 0 fully saturated rings. The molecule has 9 heteroatoms. The number of hydrogen-bond acceptors (Lipinski definition) is 3. The Morgan fingerprint density at radius 1 is 1.05 bits per heavy atom. The first-order valence-corrected chi connectivity index (χ1v) is 7.29. The number of halogens is 4. The molecular formula is C12H8ClF3N2O2S. The average molecular weight is 337 g/mol. The van der Waals surface area contributed by atoms with Gasteiger partial charge in [0.05, 0.1) is 10.7 Å². The Balaban J connectivity index is 2.50. The lowest BCUT2D eigenvalue weighted by Crippen LogP contribution is -2.16. The molecule has 0 atom stereocenters. The van der Waals surface area contributed by atoms with Crippen molar-refractivity contribution in [1.82, 2.24) is 0 Å². The summed E-state index contributed by atoms with van der Waals surface area (Å²) >= 11 is 5.68. The largest absolute Gasteiger partial charge is 0.397 e. The lowest BCUT2D eigenvalue weighted by atomic mass is 10.2. The van der Waals surface area contributed by atoms with E-state index in [0.29, 0.717) is 12.1 Å². The summed E-state index contributed by atoms with van der Waals surface area (Å²) in [7, 11) is -4.39. The molecule has 0 spiro atoms. The lowest BCUT2D eigenvalue weighted by molar-refractivity contribution is 0.583. The van der Waals surface area contributed by atoms with Crippen molar-refractivity contribution in [2.45, 2.75) is 4.90 Å². The second-order valence-electron chi connectivity index (χ2n) is 4.03. The molecule has 2 aromatic carbocycles. The number of sulfonamides is 1. The van der Waals surface area contributed by atoms with Crippen LogP contribution < -0.4 is 10.5 Å². The number of nitrogen functional groups attached to an aromatic ring is 1. The van der Waals surface area contributed by atoms with E-state index in [4.69, 9.17) is 17.3 Å². The topological polar surface area (TPSA) is 72.2 Å². The molecule has 0 unspecified atom stereocenters. The molecule has 4 nitrogen and oxygen atoms in total. The van der Waals surface area contributed by atoms with Gasteiger partial charge in [-0.25, -0.2) is 21.6 Å². The second kappa shape index (κ2) is 5.45. The highest BCUT2D eigenvalue weighted by Gasteiger charge is 2.22. The number of nitrogens with one attached hydrogen (secondary N) is 1. The summed E-state index contributed by atoms with van der Waals surface area (Å²) < 4.78 is 65.6. The second-order valence-corrected chi connectivity index (χ2v) is 6.09. The monoisotopic (exact) mass is 336 g/mol. The molecule has 0 aliphatic rings. The lowest BCUT2D eigenvalue weighted by Gasteiger charge is -2.12. The van der Waals surface area contributed by atoms with Gasteiger partial charge < -0.3 is 5.73 Å². The first kappa shape index (κ1) is 15.5. The maximum Gasteiger partial charge on any atom is 0.263 e. The first-order chi connectivity index (χ1) is 9.70. The van der Waals surface area contributed by atoms with Crippen LogP contribution in [-0.4, -0.2) is 8.42 Å². The highest BCUT2D eigenvalue weighted by atomic mass is 35.5. The van der Waals surface area contributed by atoms with E-state index >= 15 is 0 Å². The summed E-state index contributed by atoms with van der Waals surface area (Å²) in [5, 5.41) is -0.259. The van der Waals surface area contributed by atoms with Crippen molar-refractivity contribution in [3.63, 3.8) is 0 Å². The quantitative estimate of drug-likeness (QED) is 0.846. The van der Waals surface area contributed by atoms with E-state index in [-0.39, 0.29) is 5.02 Å². The number of rotatable bonds is 3. The predicted octanol–water partition coefficient (Wildman–Crippen LogP) is 3.14. The van der Waals surface area contributed by atoms with E-state index in [0.717, 1.165) is 18.2 Å². The minimum atomic E-state index is -4.39. The third kappa shape index (κ3) is 3.22. The van der Waals surface area contributed by atoms with Crippen molar-refractivity contribution in [1.29, 1.82) is 0 Å². The Bertz CT molecular complexity index is 789. The van der Waals surface area contributed by atoms with Crippen LogP contribution in [-0.2, 0) is 10.0 Å². The van der Waals surface area contributed by atoms with Crippen molar-refractivity contribution in [2.75, 3.05) is 10.5 Å². The molecular weight excluding hydrogens is 329 g/mol. The number of benzene rings is 2. The Morgan fingerprint density at radius 3 is 2.33 bits per heavy atom. The van der Waals surface area contributed by atoms with Crippen LogP contribution >= 0.6 is 11.6 Å². The molecule has 21 heavy (non-hydrogen) atoms. The fourth-order valence-electron chi connectivity index (χ4n) is 1.57. The van der Waals surface area contributed by atoms with Crippen molar-refractivity contribution >= 4 is 33.0 Å². The molecule has 0 heterocycles. The summed E-state index contributed by atoms with van der Waals surface area (Å²) in [4.78, 5) is -0.590. The zero-order valence-electron chi connectivity index (χ0n) is 10.2. The Kier molecular flexibility index (Phi) is 4.02. The van der Waals surface area contributed by atoms with Crippen LogP contribution in [0.4, 0.5) is 24.5 Å². The van der Waals surface area contributed by atoms with Gasteiger partial charge in [-0.1, -0.05) is 11.6 Å². The molecule has 0 radical (unpaired) electrons. The molecule has 0 bridgehead atoms. The van der Waals surface area contributed by atoms with Gasteiger partial charge in [-0.2, -0.15) is 0 Å². The van der Waals surface area contributed by atoms with E-state index in [1.165, 1.54) is 0 Å². The third-order valence-electron chi connectivity index (χ3n) is 2.50. The number of hydrogen-bond donors (Lipinski definition) is 2. The molecule has 0 saturated carbocycles. The van der Waals surface area contributed by atoms with Crippen molar-refractivity contribution in [3.8, 4) is 0 Å². The van der Waals surface area contributed by atoms with Gasteiger partial charge in [-0.3, -0.25) is 4.72 Å². The molecule has 0 aliphatic carbocycles. The maximum absolute atomic E-state index is 13.6. The summed E-state index contributed by atoms with van der Waals surface area (Å²) in [6.45, 7) is 0. The van der Waals surface area contributed by atoms with E-state index in [1.54, 1.807) is 0 Å². The summed E-state index contributed by atoms with van der Waals surface area (Å²) in [5.74, 6) is -3.01. The van der Waals surface area contributed by atoms with Crippen LogP contribution in [0, 0.1) is 17.5 Å². The molecule has 0 amide bonds. The first-order valence-electron chi connectivity index (χ1n) is 5.43. The smallest absolute Gasteiger partial charge is 0.263 e. The molecule has 2 rings (SSSR count). The fourth-order valence-corrected chi connectivity index (χ4v) is 3.18.